The quantitative estimate of drug-likeness (QED) is 0.787. The number of hydrogen-bond donors (Lipinski definition) is 1. The van der Waals surface area contributed by atoms with E-state index in [1.807, 2.05) is 36.2 Å². The maximum Gasteiger partial charge on any atom is 0.268 e. The lowest BCUT2D eigenvalue weighted by Gasteiger charge is -2.13. The van der Waals surface area contributed by atoms with Crippen LogP contribution >= 0.6 is 11.8 Å². The fourth-order valence-electron chi connectivity index (χ4n) is 1.90. The molecule has 1 N–H and O–H groups in total. The van der Waals surface area contributed by atoms with Crippen LogP contribution in [0.2, 0.25) is 0 Å². The number of rotatable bonds is 1. The molecule has 1 aliphatic heterocycles. The molecule has 0 amide bonds. The Balaban J connectivity index is 2.03. The molecule has 0 fully saturated rings. The van der Waals surface area contributed by atoms with Crippen LogP contribution in [0.1, 0.15) is 5.56 Å². The molecule has 1 aliphatic rings. The summed E-state index contributed by atoms with van der Waals surface area (Å²) in [6, 6.07) is 7.84. The van der Waals surface area contributed by atoms with Gasteiger partial charge in [0.05, 0.1) is 16.3 Å². The van der Waals surface area contributed by atoms with Crippen LogP contribution in [0.25, 0.3) is 6.08 Å². The lowest BCUT2D eigenvalue weighted by Crippen LogP contribution is -2.32. The molecule has 0 radical (unpaired) electrons. The second-order valence-corrected chi connectivity index (χ2v) is 5.09. The van der Waals surface area contributed by atoms with E-state index in [2.05, 4.69) is 0 Å². The first-order valence-electron chi connectivity index (χ1n) is 5.34. The topological polar surface area (TPSA) is 57.6 Å². The third-order valence-corrected chi connectivity index (χ3v) is 4.13. The molecule has 1 heterocycles. The van der Waals surface area contributed by atoms with Crippen LogP contribution in [-0.4, -0.2) is 12.2 Å². The summed E-state index contributed by atoms with van der Waals surface area (Å²) in [7, 11) is 1.88. The Kier molecular flexibility index (Phi) is 2.31. The number of aromatic hydroxyl groups is 1. The number of hydrogen-bond acceptors (Lipinski definition) is 5. The molecule has 0 bridgehead atoms. The van der Waals surface area contributed by atoms with E-state index in [0.29, 0.717) is 0 Å². The normalized spacial score (nSPS) is 16.5. The molecule has 5 heteroatoms. The molecule has 0 aliphatic carbocycles. The van der Waals surface area contributed by atoms with E-state index in [1.54, 1.807) is 6.08 Å². The predicted octanol–water partition coefficient (Wildman–Crippen LogP) is 1.53. The average molecular weight is 259 g/mol. The van der Waals surface area contributed by atoms with Crippen molar-refractivity contribution >= 4 is 23.5 Å². The Hall–Kier alpha value is -2.01. The van der Waals surface area contributed by atoms with Crippen molar-refractivity contribution in [3.05, 3.63) is 55.3 Å². The zero-order chi connectivity index (χ0) is 12.9. The highest BCUT2D eigenvalue weighted by atomic mass is 32.2. The van der Waals surface area contributed by atoms with Crippen LogP contribution in [0.4, 0.5) is 5.69 Å². The second kappa shape index (κ2) is 3.74. The minimum absolute atomic E-state index is 0.0992. The molecule has 2 aromatic rings. The molecular formula is C13H9NO3S. The molecule has 18 heavy (non-hydrogen) atoms. The highest BCUT2D eigenvalue weighted by Crippen LogP contribution is 2.45. The smallest absolute Gasteiger partial charge is 0.268 e. The van der Waals surface area contributed by atoms with Crippen molar-refractivity contribution in [1.82, 2.24) is 0 Å². The Bertz CT molecular complexity index is 741. The number of thioether (sulfide) groups is 1. The van der Waals surface area contributed by atoms with Gasteiger partial charge in [0.15, 0.2) is 5.75 Å². The molecule has 0 saturated heterocycles. The Labute approximate surface area is 107 Å². The van der Waals surface area contributed by atoms with E-state index in [1.165, 1.54) is 11.8 Å². The van der Waals surface area contributed by atoms with Gasteiger partial charge in [-0.15, -0.1) is 0 Å². The highest BCUT2D eigenvalue weighted by molar-refractivity contribution is 8.03. The largest absolute Gasteiger partial charge is 0.504 e. The lowest BCUT2D eigenvalue weighted by atomic mass is 10.1. The van der Waals surface area contributed by atoms with Gasteiger partial charge in [-0.3, -0.25) is 9.59 Å². The van der Waals surface area contributed by atoms with Crippen molar-refractivity contribution < 1.29 is 5.11 Å². The van der Waals surface area contributed by atoms with E-state index in [9.17, 15) is 14.7 Å². The van der Waals surface area contributed by atoms with Crippen LogP contribution in [0.5, 0.6) is 5.75 Å². The summed E-state index contributed by atoms with van der Waals surface area (Å²) in [5.74, 6) is -0.433. The van der Waals surface area contributed by atoms with E-state index < -0.39 is 16.6 Å². The van der Waals surface area contributed by atoms with Gasteiger partial charge in [0.25, 0.3) is 5.43 Å². The van der Waals surface area contributed by atoms with Gasteiger partial charge < -0.3 is 10.0 Å². The molecule has 0 unspecified atom stereocenters. The van der Waals surface area contributed by atoms with Crippen molar-refractivity contribution in [2.24, 2.45) is 0 Å². The van der Waals surface area contributed by atoms with E-state index in [4.69, 9.17) is 0 Å². The van der Waals surface area contributed by atoms with Gasteiger partial charge in [-0.1, -0.05) is 23.9 Å². The van der Waals surface area contributed by atoms with Gasteiger partial charge in [0.1, 0.15) is 0 Å². The average Bonchev–Trinajstić information content (AvgIpc) is 2.72. The lowest BCUT2D eigenvalue weighted by molar-refractivity contribution is 0.461. The predicted molar refractivity (Wildman–Crippen MR) is 71.7 cm³/mol. The first-order chi connectivity index (χ1) is 8.59. The number of fused-ring (bicyclic) bond motifs is 1. The Morgan fingerprint density at radius 1 is 1.22 bits per heavy atom. The van der Waals surface area contributed by atoms with Gasteiger partial charge in [0, 0.05) is 11.9 Å². The molecule has 0 atom stereocenters. The molecule has 0 saturated carbocycles. The fraction of sp³-hybridized carbons (Fsp3) is 0.0769. The summed E-state index contributed by atoms with van der Waals surface area (Å²) in [5, 5.41) is 10.2. The van der Waals surface area contributed by atoms with Crippen molar-refractivity contribution in [2.75, 3.05) is 11.9 Å². The Morgan fingerprint density at radius 3 is 2.61 bits per heavy atom. The molecular weight excluding hydrogens is 250 g/mol. The number of benzene rings is 1. The number of para-hydroxylation sites is 1. The van der Waals surface area contributed by atoms with Crippen molar-refractivity contribution in [1.29, 1.82) is 0 Å². The minimum Gasteiger partial charge on any atom is -0.504 e. The van der Waals surface area contributed by atoms with Gasteiger partial charge in [-0.25, -0.2) is 0 Å². The second-order valence-electron chi connectivity index (χ2n) is 4.03. The summed E-state index contributed by atoms with van der Waals surface area (Å²) in [6.07, 6.45) is 1.56. The van der Waals surface area contributed by atoms with Gasteiger partial charge >= 0.3 is 0 Å². The number of nitrogens with zero attached hydrogens (tertiary/aromatic N) is 1. The van der Waals surface area contributed by atoms with E-state index >= 15 is 0 Å². The Morgan fingerprint density at radius 2 is 1.94 bits per heavy atom. The SMILES string of the molecule is CN1/C(=C\c2c(O)c(=O)c2=O)Sc2ccccc21. The summed E-state index contributed by atoms with van der Waals surface area (Å²) in [5.41, 5.74) is -0.274. The zero-order valence-electron chi connectivity index (χ0n) is 9.51. The highest BCUT2D eigenvalue weighted by Gasteiger charge is 2.24. The maximum absolute atomic E-state index is 11.3. The minimum atomic E-state index is -0.801. The zero-order valence-corrected chi connectivity index (χ0v) is 10.3. The summed E-state index contributed by atoms with van der Waals surface area (Å²) in [4.78, 5) is 25.3. The van der Waals surface area contributed by atoms with Crippen molar-refractivity contribution in [3.8, 4) is 5.75 Å². The van der Waals surface area contributed by atoms with Crippen LogP contribution in [-0.2, 0) is 0 Å². The maximum atomic E-state index is 11.3. The molecule has 2 aromatic carbocycles. The molecule has 4 nitrogen and oxygen atoms in total. The van der Waals surface area contributed by atoms with E-state index in [0.717, 1.165) is 15.6 Å². The standard InChI is InChI=1S/C13H9NO3S/c1-14-8-4-2-3-5-9(8)18-10(14)6-7-11(15)13(17)12(7)16/h2-6,15H,1H3/b10-6+. The fourth-order valence-corrected chi connectivity index (χ4v) is 2.99. The van der Waals surface area contributed by atoms with Gasteiger partial charge in [0.2, 0.25) is 5.43 Å². The first kappa shape index (κ1) is 11.1. The molecule has 3 rings (SSSR count). The monoisotopic (exact) mass is 259 g/mol. The summed E-state index contributed by atoms with van der Waals surface area (Å²) in [6.45, 7) is 0. The van der Waals surface area contributed by atoms with Crippen LogP contribution in [0, 0.1) is 0 Å². The third kappa shape index (κ3) is 1.41. The van der Waals surface area contributed by atoms with Crippen LogP contribution in [0.15, 0.2) is 43.8 Å². The first-order valence-corrected chi connectivity index (χ1v) is 6.16. The summed E-state index contributed by atoms with van der Waals surface area (Å²) < 4.78 is 0. The van der Waals surface area contributed by atoms with Gasteiger partial charge in [-0.2, -0.15) is 0 Å². The summed E-state index contributed by atoms with van der Waals surface area (Å²) >= 11 is 1.51. The molecule has 0 spiro atoms. The number of anilines is 1. The molecule has 0 aromatic heterocycles. The van der Waals surface area contributed by atoms with Crippen LogP contribution in [0.3, 0.4) is 0 Å². The third-order valence-electron chi connectivity index (χ3n) is 2.96. The molecule has 90 valence electrons. The van der Waals surface area contributed by atoms with Crippen molar-refractivity contribution in [3.63, 3.8) is 0 Å². The van der Waals surface area contributed by atoms with E-state index in [-0.39, 0.29) is 5.56 Å². The van der Waals surface area contributed by atoms with Gasteiger partial charge in [-0.05, 0) is 18.2 Å². The van der Waals surface area contributed by atoms with Crippen LogP contribution < -0.4 is 15.8 Å². The van der Waals surface area contributed by atoms with Crippen molar-refractivity contribution in [2.45, 2.75) is 4.90 Å².